The Balaban J connectivity index is 2.20. The third-order valence-corrected chi connectivity index (χ3v) is 4.73. The Labute approximate surface area is 103 Å². The standard InChI is InChI=1S/C14H22O3/c1-8(2)5-10-6-9(3)14(4)11(7-10)12(15)17-13(14)16/h8-11H,5-7H2,1-4H3. The molecule has 0 bridgehead atoms. The summed E-state index contributed by atoms with van der Waals surface area (Å²) in [4.78, 5) is 23.6. The minimum atomic E-state index is -0.565. The summed E-state index contributed by atoms with van der Waals surface area (Å²) in [5, 5.41) is 0. The Bertz CT molecular complexity index is 347. The first-order chi connectivity index (χ1) is 7.85. The fraction of sp³-hybridized carbons (Fsp3) is 0.857. The second-order valence-corrected chi connectivity index (χ2v) is 6.41. The number of hydrogen-bond donors (Lipinski definition) is 0. The normalized spacial score (nSPS) is 41.6. The van der Waals surface area contributed by atoms with Gasteiger partial charge in [0, 0.05) is 0 Å². The Morgan fingerprint density at radius 3 is 2.59 bits per heavy atom. The van der Waals surface area contributed by atoms with Gasteiger partial charge in [0.25, 0.3) is 0 Å². The molecule has 1 heterocycles. The fourth-order valence-electron chi connectivity index (χ4n) is 3.58. The van der Waals surface area contributed by atoms with Gasteiger partial charge in [-0.1, -0.05) is 20.8 Å². The summed E-state index contributed by atoms with van der Waals surface area (Å²) in [6, 6.07) is 0. The van der Waals surface area contributed by atoms with Crippen molar-refractivity contribution in [3.05, 3.63) is 0 Å². The number of hydrogen-bond acceptors (Lipinski definition) is 3. The van der Waals surface area contributed by atoms with Gasteiger partial charge in [-0.3, -0.25) is 9.59 Å². The van der Waals surface area contributed by atoms with Gasteiger partial charge in [0.2, 0.25) is 0 Å². The van der Waals surface area contributed by atoms with E-state index in [1.807, 2.05) is 6.92 Å². The summed E-state index contributed by atoms with van der Waals surface area (Å²) in [5.41, 5.74) is -0.565. The molecule has 0 N–H and O–H groups in total. The number of carbonyl (C=O) groups excluding carboxylic acids is 2. The molecule has 17 heavy (non-hydrogen) atoms. The van der Waals surface area contributed by atoms with Gasteiger partial charge in [0.1, 0.15) is 0 Å². The van der Waals surface area contributed by atoms with Crippen LogP contribution in [0.2, 0.25) is 0 Å². The molecule has 4 atom stereocenters. The summed E-state index contributed by atoms with van der Waals surface area (Å²) in [7, 11) is 0. The first-order valence-electron chi connectivity index (χ1n) is 6.61. The van der Waals surface area contributed by atoms with Crippen molar-refractivity contribution < 1.29 is 14.3 Å². The van der Waals surface area contributed by atoms with E-state index in [9.17, 15) is 9.59 Å². The van der Waals surface area contributed by atoms with Crippen LogP contribution in [-0.2, 0) is 14.3 Å². The molecule has 1 aliphatic heterocycles. The topological polar surface area (TPSA) is 43.4 Å². The zero-order chi connectivity index (χ0) is 12.8. The van der Waals surface area contributed by atoms with Crippen LogP contribution >= 0.6 is 0 Å². The summed E-state index contributed by atoms with van der Waals surface area (Å²) in [6.07, 6.45) is 3.00. The quantitative estimate of drug-likeness (QED) is 0.549. The van der Waals surface area contributed by atoms with E-state index in [-0.39, 0.29) is 23.8 Å². The first-order valence-corrected chi connectivity index (χ1v) is 6.61. The van der Waals surface area contributed by atoms with Gasteiger partial charge in [-0.05, 0) is 43.9 Å². The lowest BCUT2D eigenvalue weighted by Crippen LogP contribution is -2.43. The van der Waals surface area contributed by atoms with Crippen LogP contribution in [0.3, 0.4) is 0 Å². The number of ether oxygens (including phenoxy) is 1. The molecule has 0 spiro atoms. The molecule has 3 nitrogen and oxygen atoms in total. The molecule has 0 aromatic heterocycles. The van der Waals surface area contributed by atoms with E-state index in [0.717, 1.165) is 19.3 Å². The molecule has 1 aliphatic carbocycles. The largest absolute Gasteiger partial charge is 0.392 e. The van der Waals surface area contributed by atoms with Crippen LogP contribution in [0.15, 0.2) is 0 Å². The van der Waals surface area contributed by atoms with Crippen molar-refractivity contribution in [1.82, 2.24) is 0 Å². The Hall–Kier alpha value is -0.860. The predicted octanol–water partition coefficient (Wildman–Crippen LogP) is 2.78. The van der Waals surface area contributed by atoms with Crippen molar-refractivity contribution in [2.45, 2.75) is 47.0 Å². The van der Waals surface area contributed by atoms with Crippen LogP contribution < -0.4 is 0 Å². The van der Waals surface area contributed by atoms with E-state index in [1.165, 1.54) is 0 Å². The van der Waals surface area contributed by atoms with E-state index in [1.54, 1.807) is 0 Å². The SMILES string of the molecule is CC(C)CC1CC(C)C2(C)C(=O)OC(=O)C2C1. The van der Waals surface area contributed by atoms with Crippen LogP contribution in [0.1, 0.15) is 47.0 Å². The maximum atomic E-state index is 11.8. The average molecular weight is 238 g/mol. The van der Waals surface area contributed by atoms with Crippen LogP contribution in [0, 0.1) is 29.1 Å². The predicted molar refractivity (Wildman–Crippen MR) is 64.0 cm³/mol. The first kappa shape index (κ1) is 12.6. The van der Waals surface area contributed by atoms with E-state index in [2.05, 4.69) is 20.8 Å². The van der Waals surface area contributed by atoms with Crippen molar-refractivity contribution in [1.29, 1.82) is 0 Å². The second-order valence-electron chi connectivity index (χ2n) is 6.41. The number of carbonyl (C=O) groups is 2. The van der Waals surface area contributed by atoms with Crippen LogP contribution in [-0.4, -0.2) is 11.9 Å². The van der Waals surface area contributed by atoms with Crippen molar-refractivity contribution in [3.63, 3.8) is 0 Å². The Morgan fingerprint density at radius 2 is 2.00 bits per heavy atom. The summed E-state index contributed by atoms with van der Waals surface area (Å²) >= 11 is 0. The van der Waals surface area contributed by atoms with Gasteiger partial charge in [0.15, 0.2) is 0 Å². The van der Waals surface area contributed by atoms with Gasteiger partial charge in [-0.15, -0.1) is 0 Å². The lowest BCUT2D eigenvalue weighted by Gasteiger charge is -2.41. The third-order valence-electron chi connectivity index (χ3n) is 4.73. The van der Waals surface area contributed by atoms with Crippen LogP contribution in [0.5, 0.6) is 0 Å². The molecule has 2 aliphatic rings. The van der Waals surface area contributed by atoms with Crippen molar-refractivity contribution in [3.8, 4) is 0 Å². The molecular formula is C14H22O3. The lowest BCUT2D eigenvalue weighted by atomic mass is 9.59. The monoisotopic (exact) mass is 238 g/mol. The summed E-state index contributed by atoms with van der Waals surface area (Å²) < 4.78 is 4.86. The van der Waals surface area contributed by atoms with Gasteiger partial charge in [0.05, 0.1) is 11.3 Å². The zero-order valence-corrected chi connectivity index (χ0v) is 11.2. The van der Waals surface area contributed by atoms with Gasteiger partial charge >= 0.3 is 11.9 Å². The maximum Gasteiger partial charge on any atom is 0.320 e. The molecule has 0 aromatic rings. The molecule has 2 rings (SSSR count). The lowest BCUT2D eigenvalue weighted by molar-refractivity contribution is -0.155. The molecule has 0 amide bonds. The van der Waals surface area contributed by atoms with E-state index >= 15 is 0 Å². The molecule has 0 aromatic carbocycles. The van der Waals surface area contributed by atoms with Crippen molar-refractivity contribution >= 4 is 11.9 Å². The third kappa shape index (κ3) is 1.90. The smallest absolute Gasteiger partial charge is 0.320 e. The van der Waals surface area contributed by atoms with Gasteiger partial charge in [-0.25, -0.2) is 0 Å². The molecule has 96 valence electrons. The minimum Gasteiger partial charge on any atom is -0.392 e. The Morgan fingerprint density at radius 1 is 1.35 bits per heavy atom. The van der Waals surface area contributed by atoms with Crippen LogP contribution in [0.4, 0.5) is 0 Å². The molecular weight excluding hydrogens is 216 g/mol. The van der Waals surface area contributed by atoms with Gasteiger partial charge in [-0.2, -0.15) is 0 Å². The highest BCUT2D eigenvalue weighted by Crippen LogP contribution is 2.53. The van der Waals surface area contributed by atoms with E-state index < -0.39 is 5.41 Å². The highest BCUT2D eigenvalue weighted by Gasteiger charge is 2.59. The number of rotatable bonds is 2. The highest BCUT2D eigenvalue weighted by molar-refractivity contribution is 5.99. The van der Waals surface area contributed by atoms with Crippen molar-refractivity contribution in [2.24, 2.45) is 29.1 Å². The molecule has 2 fully saturated rings. The van der Waals surface area contributed by atoms with Gasteiger partial charge < -0.3 is 4.74 Å². The summed E-state index contributed by atoms with van der Waals surface area (Å²) in [5.74, 6) is 0.637. The molecule has 3 heteroatoms. The van der Waals surface area contributed by atoms with E-state index in [0.29, 0.717) is 11.8 Å². The minimum absolute atomic E-state index is 0.206. The van der Waals surface area contributed by atoms with Crippen molar-refractivity contribution in [2.75, 3.05) is 0 Å². The molecule has 1 saturated heterocycles. The number of fused-ring (bicyclic) bond motifs is 1. The fourth-order valence-corrected chi connectivity index (χ4v) is 3.58. The highest BCUT2D eigenvalue weighted by atomic mass is 16.6. The molecule has 0 radical (unpaired) electrons. The average Bonchev–Trinajstić information content (AvgIpc) is 2.41. The number of esters is 2. The van der Waals surface area contributed by atoms with E-state index in [4.69, 9.17) is 4.74 Å². The summed E-state index contributed by atoms with van der Waals surface area (Å²) in [6.45, 7) is 8.40. The molecule has 4 unspecified atom stereocenters. The maximum absolute atomic E-state index is 11.8. The van der Waals surface area contributed by atoms with Crippen LogP contribution in [0.25, 0.3) is 0 Å². The zero-order valence-electron chi connectivity index (χ0n) is 11.2. The number of cyclic esters (lactones) is 2. The second kappa shape index (κ2) is 4.11. The Kier molecular flexibility index (Phi) is 3.04. The molecule has 1 saturated carbocycles.